The summed E-state index contributed by atoms with van der Waals surface area (Å²) in [5.41, 5.74) is 7.05. The molecule has 6 N–H and O–H groups in total. The third-order valence-corrected chi connectivity index (χ3v) is 5.69. The minimum Gasteiger partial charge on any atom is -0.478 e. The topological polar surface area (TPSA) is 164 Å². The number of benzene rings is 3. The van der Waals surface area contributed by atoms with Gasteiger partial charge >= 0.3 is 5.97 Å². The van der Waals surface area contributed by atoms with Crippen LogP contribution < -0.4 is 25.8 Å². The van der Waals surface area contributed by atoms with E-state index in [0.717, 1.165) is 0 Å². The van der Waals surface area contributed by atoms with E-state index in [4.69, 9.17) is 20.6 Å². The number of ether oxygens (including phenoxy) is 2. The van der Waals surface area contributed by atoms with Crippen molar-refractivity contribution in [3.8, 4) is 22.6 Å². The van der Waals surface area contributed by atoms with Gasteiger partial charge < -0.3 is 30.9 Å². The number of nitrogen functional groups attached to an aromatic ring is 1. The van der Waals surface area contributed by atoms with Crippen molar-refractivity contribution in [2.24, 2.45) is 11.7 Å². The van der Waals surface area contributed by atoms with Gasteiger partial charge in [-0.1, -0.05) is 19.9 Å². The van der Waals surface area contributed by atoms with Crippen LogP contribution in [-0.2, 0) is 0 Å². The molecule has 0 spiro atoms. The predicted molar refractivity (Wildman–Crippen MR) is 138 cm³/mol. The number of carboxylic acids is 1. The standard InChI is InChI=1S/C27H26N4O6/c1-14(2)12-30-25(32)16-5-8-18(20(11-16)27(34)35)22-19(9-10-21-23(22)37-13-36-21)26(33)31-17-6-3-15(4-7-17)24(28)29/h3-11,14H,12-13H2,1-2H3,(H3,28,29)(H,30,32)(H,31,33)(H,34,35). The van der Waals surface area contributed by atoms with Gasteiger partial charge in [-0.15, -0.1) is 0 Å². The molecule has 0 saturated carbocycles. The van der Waals surface area contributed by atoms with Crippen LogP contribution in [0.2, 0.25) is 0 Å². The number of amidine groups is 1. The van der Waals surface area contributed by atoms with Crippen LogP contribution in [0.25, 0.3) is 11.1 Å². The molecule has 0 aromatic heterocycles. The van der Waals surface area contributed by atoms with Crippen LogP contribution in [0.1, 0.15) is 50.5 Å². The number of carbonyl (C=O) groups is 3. The van der Waals surface area contributed by atoms with Crippen molar-refractivity contribution >= 4 is 29.3 Å². The number of aromatic carboxylic acids is 1. The molecule has 3 aromatic rings. The second kappa shape index (κ2) is 10.4. The van der Waals surface area contributed by atoms with E-state index in [1.807, 2.05) is 13.8 Å². The number of rotatable bonds is 8. The SMILES string of the molecule is CC(C)CNC(=O)c1ccc(-c2c(C(=O)Nc3ccc(C(=N)N)cc3)ccc3c2OCO3)c(C(=O)O)c1. The Morgan fingerprint density at radius 1 is 0.973 bits per heavy atom. The Bertz CT molecular complexity index is 1400. The van der Waals surface area contributed by atoms with Crippen LogP contribution in [0, 0.1) is 11.3 Å². The first-order chi connectivity index (χ1) is 17.7. The van der Waals surface area contributed by atoms with Crippen molar-refractivity contribution in [3.63, 3.8) is 0 Å². The van der Waals surface area contributed by atoms with Gasteiger partial charge in [-0.2, -0.15) is 0 Å². The third kappa shape index (κ3) is 5.37. The molecule has 190 valence electrons. The van der Waals surface area contributed by atoms with Gasteiger partial charge in [0.1, 0.15) is 5.84 Å². The first-order valence-corrected chi connectivity index (χ1v) is 11.5. The lowest BCUT2D eigenvalue weighted by molar-refractivity contribution is 0.0697. The lowest BCUT2D eigenvalue weighted by Crippen LogP contribution is -2.27. The second-order valence-electron chi connectivity index (χ2n) is 8.84. The number of nitrogens with one attached hydrogen (secondary N) is 3. The smallest absolute Gasteiger partial charge is 0.336 e. The number of amides is 2. The molecule has 3 aromatic carbocycles. The number of carboxylic acid groups (broad SMARTS) is 1. The van der Waals surface area contributed by atoms with Gasteiger partial charge in [0.2, 0.25) is 6.79 Å². The fourth-order valence-electron chi connectivity index (χ4n) is 3.84. The monoisotopic (exact) mass is 502 g/mol. The molecule has 0 bridgehead atoms. The van der Waals surface area contributed by atoms with Crippen LogP contribution in [0.3, 0.4) is 0 Å². The number of fused-ring (bicyclic) bond motifs is 1. The van der Waals surface area contributed by atoms with E-state index in [9.17, 15) is 19.5 Å². The minimum atomic E-state index is -1.27. The quantitative estimate of drug-likeness (QED) is 0.231. The average molecular weight is 503 g/mol. The van der Waals surface area contributed by atoms with Gasteiger partial charge in [0, 0.05) is 34.5 Å². The van der Waals surface area contributed by atoms with Gasteiger partial charge in [-0.25, -0.2) is 4.79 Å². The summed E-state index contributed by atoms with van der Waals surface area (Å²) >= 11 is 0. The maximum absolute atomic E-state index is 13.3. The van der Waals surface area contributed by atoms with Crippen molar-refractivity contribution < 1.29 is 29.0 Å². The number of hydrogen-bond donors (Lipinski definition) is 5. The Labute approximate surface area is 212 Å². The summed E-state index contributed by atoms with van der Waals surface area (Å²) in [6.07, 6.45) is 0. The average Bonchev–Trinajstić information content (AvgIpc) is 3.35. The molecule has 0 unspecified atom stereocenters. The molecule has 4 rings (SSSR count). The fraction of sp³-hybridized carbons (Fsp3) is 0.185. The normalized spacial score (nSPS) is 11.8. The first kappa shape index (κ1) is 25.2. The highest BCUT2D eigenvalue weighted by molar-refractivity contribution is 6.12. The van der Waals surface area contributed by atoms with E-state index in [0.29, 0.717) is 23.5 Å². The number of nitrogens with two attached hydrogens (primary N) is 1. The van der Waals surface area contributed by atoms with Gasteiger partial charge in [-0.05, 0) is 54.4 Å². The van der Waals surface area contributed by atoms with E-state index in [2.05, 4.69) is 10.6 Å². The zero-order valence-corrected chi connectivity index (χ0v) is 20.3. The molecule has 10 heteroatoms. The molecule has 0 aliphatic carbocycles. The van der Waals surface area contributed by atoms with E-state index in [1.54, 1.807) is 30.3 Å². The van der Waals surface area contributed by atoms with Crippen molar-refractivity contribution in [2.45, 2.75) is 13.8 Å². The highest BCUT2D eigenvalue weighted by Gasteiger charge is 2.28. The van der Waals surface area contributed by atoms with Crippen molar-refractivity contribution in [1.29, 1.82) is 5.41 Å². The molecular weight excluding hydrogens is 476 g/mol. The largest absolute Gasteiger partial charge is 0.478 e. The Balaban J connectivity index is 1.76. The van der Waals surface area contributed by atoms with Gasteiger partial charge in [0.15, 0.2) is 11.5 Å². The molecule has 0 radical (unpaired) electrons. The van der Waals surface area contributed by atoms with E-state index >= 15 is 0 Å². The van der Waals surface area contributed by atoms with Crippen LogP contribution >= 0.6 is 0 Å². The van der Waals surface area contributed by atoms with Gasteiger partial charge in [0.05, 0.1) is 11.1 Å². The van der Waals surface area contributed by atoms with Crippen molar-refractivity contribution in [2.75, 3.05) is 18.7 Å². The zero-order chi connectivity index (χ0) is 26.7. The molecular formula is C27H26N4O6. The summed E-state index contributed by atoms with van der Waals surface area (Å²) in [5.74, 6) is -1.45. The summed E-state index contributed by atoms with van der Waals surface area (Å²) in [6.45, 7) is 4.26. The lowest BCUT2D eigenvalue weighted by atomic mass is 9.92. The molecule has 2 amide bonds. The molecule has 0 atom stereocenters. The molecule has 0 saturated heterocycles. The molecule has 10 nitrogen and oxygen atoms in total. The number of hydrogen-bond acceptors (Lipinski definition) is 6. The van der Waals surface area contributed by atoms with E-state index in [-0.39, 0.29) is 52.1 Å². The predicted octanol–water partition coefficient (Wildman–Crippen LogP) is 3.70. The van der Waals surface area contributed by atoms with Crippen LogP contribution in [0.5, 0.6) is 11.5 Å². The summed E-state index contributed by atoms with van der Waals surface area (Å²) in [7, 11) is 0. The van der Waals surface area contributed by atoms with Crippen molar-refractivity contribution in [3.05, 3.63) is 76.9 Å². The van der Waals surface area contributed by atoms with Gasteiger partial charge in [-0.3, -0.25) is 15.0 Å². The molecule has 0 fully saturated rings. The van der Waals surface area contributed by atoms with Crippen molar-refractivity contribution in [1.82, 2.24) is 5.32 Å². The highest BCUT2D eigenvalue weighted by Crippen LogP contribution is 2.45. The number of carbonyl (C=O) groups excluding carboxylic acids is 2. The minimum absolute atomic E-state index is 0.0853. The highest BCUT2D eigenvalue weighted by atomic mass is 16.7. The van der Waals surface area contributed by atoms with E-state index in [1.165, 1.54) is 24.3 Å². The summed E-state index contributed by atoms with van der Waals surface area (Å²) in [6, 6.07) is 13.8. The lowest BCUT2D eigenvalue weighted by Gasteiger charge is -2.16. The van der Waals surface area contributed by atoms with Crippen LogP contribution in [-0.4, -0.2) is 42.1 Å². The van der Waals surface area contributed by atoms with E-state index < -0.39 is 17.8 Å². The molecule has 1 heterocycles. The summed E-state index contributed by atoms with van der Waals surface area (Å²) in [4.78, 5) is 38.2. The molecule has 1 aliphatic rings. The Morgan fingerprint density at radius 3 is 2.32 bits per heavy atom. The Kier molecular flexibility index (Phi) is 7.10. The second-order valence-corrected chi connectivity index (χ2v) is 8.84. The van der Waals surface area contributed by atoms with Gasteiger partial charge in [0.25, 0.3) is 11.8 Å². The fourth-order valence-corrected chi connectivity index (χ4v) is 3.84. The summed E-state index contributed by atoms with van der Waals surface area (Å²) in [5, 5.41) is 23.1. The Morgan fingerprint density at radius 2 is 1.68 bits per heavy atom. The number of anilines is 1. The van der Waals surface area contributed by atoms with Crippen LogP contribution in [0.4, 0.5) is 5.69 Å². The Hall–Kier alpha value is -4.86. The zero-order valence-electron chi connectivity index (χ0n) is 20.3. The van der Waals surface area contributed by atoms with Crippen LogP contribution in [0.15, 0.2) is 54.6 Å². The maximum atomic E-state index is 13.3. The maximum Gasteiger partial charge on any atom is 0.336 e. The molecule has 37 heavy (non-hydrogen) atoms. The first-order valence-electron chi connectivity index (χ1n) is 11.5. The summed E-state index contributed by atoms with van der Waals surface area (Å²) < 4.78 is 11.1. The third-order valence-electron chi connectivity index (χ3n) is 5.69. The molecule has 1 aliphatic heterocycles.